The molecule has 0 bridgehead atoms. The number of hydrogen-bond donors (Lipinski definition) is 1. The molecule has 2 rings (SSSR count). The number of amides is 1. The van der Waals surface area contributed by atoms with E-state index < -0.39 is 29.2 Å². The number of halogens is 1. The quantitative estimate of drug-likeness (QED) is 0.471. The lowest BCUT2D eigenvalue weighted by Gasteiger charge is -2.13. The van der Waals surface area contributed by atoms with Crippen LogP contribution in [0.25, 0.3) is 0 Å². The molecule has 0 saturated heterocycles. The monoisotopic (exact) mass is 377 g/mol. The topological polar surface area (TPSA) is 103 Å². The molecule has 0 spiro atoms. The van der Waals surface area contributed by atoms with Gasteiger partial charge in [-0.25, -0.2) is 9.18 Å². The number of aromatic nitrogens is 1. The van der Waals surface area contributed by atoms with E-state index in [-0.39, 0.29) is 17.4 Å². The van der Waals surface area contributed by atoms with Crippen LogP contribution in [0.2, 0.25) is 0 Å². The zero-order valence-electron chi connectivity index (χ0n) is 15.4. The average molecular weight is 377 g/mol. The number of rotatable bonds is 6. The van der Waals surface area contributed by atoms with Crippen molar-refractivity contribution in [3.8, 4) is 0 Å². The van der Waals surface area contributed by atoms with Gasteiger partial charge < -0.3 is 14.6 Å². The lowest BCUT2D eigenvalue weighted by Crippen LogP contribution is -2.21. The second-order valence-electron chi connectivity index (χ2n) is 6.29. The van der Waals surface area contributed by atoms with E-state index in [1.807, 2.05) is 25.3 Å². The summed E-state index contributed by atoms with van der Waals surface area (Å²) in [5.41, 5.74) is 1.22. The van der Waals surface area contributed by atoms with E-state index in [4.69, 9.17) is 4.74 Å². The summed E-state index contributed by atoms with van der Waals surface area (Å²) in [5, 5.41) is 12.9. The Bertz CT molecular complexity index is 905. The molecule has 0 radical (unpaired) electrons. The minimum absolute atomic E-state index is 0.159. The highest BCUT2D eigenvalue weighted by atomic mass is 19.1. The fourth-order valence-corrected chi connectivity index (χ4v) is 2.90. The van der Waals surface area contributed by atoms with Crippen molar-refractivity contribution in [2.45, 2.75) is 33.7 Å². The maximum absolute atomic E-state index is 13.7. The van der Waals surface area contributed by atoms with Crippen molar-refractivity contribution < 1.29 is 23.6 Å². The molecule has 1 heterocycles. The molecule has 144 valence electrons. The van der Waals surface area contributed by atoms with Crippen molar-refractivity contribution in [1.82, 2.24) is 4.57 Å². The second-order valence-corrected chi connectivity index (χ2v) is 6.29. The zero-order chi connectivity index (χ0) is 20.3. The molecular formula is C18H20FN3O5. The van der Waals surface area contributed by atoms with Crippen LogP contribution < -0.4 is 5.32 Å². The van der Waals surface area contributed by atoms with Crippen LogP contribution in [-0.4, -0.2) is 28.0 Å². The van der Waals surface area contributed by atoms with Crippen LogP contribution in [0.3, 0.4) is 0 Å². The Hall–Kier alpha value is -3.23. The summed E-state index contributed by atoms with van der Waals surface area (Å²) in [6.45, 7) is 6.96. The molecule has 0 unspecified atom stereocenters. The number of esters is 1. The van der Waals surface area contributed by atoms with Gasteiger partial charge in [-0.3, -0.25) is 14.9 Å². The Morgan fingerprint density at radius 1 is 1.30 bits per heavy atom. The highest BCUT2D eigenvalue weighted by Gasteiger charge is 2.20. The molecule has 0 aliphatic heterocycles. The molecule has 1 aromatic heterocycles. The highest BCUT2D eigenvalue weighted by Crippen LogP contribution is 2.22. The minimum Gasteiger partial charge on any atom is -0.452 e. The van der Waals surface area contributed by atoms with Crippen LogP contribution in [-0.2, 0) is 9.53 Å². The fourth-order valence-electron chi connectivity index (χ4n) is 2.90. The number of hydrogen-bond acceptors (Lipinski definition) is 5. The summed E-state index contributed by atoms with van der Waals surface area (Å²) >= 11 is 0. The van der Waals surface area contributed by atoms with Gasteiger partial charge in [-0.2, -0.15) is 0 Å². The molecular weight excluding hydrogens is 357 g/mol. The standard InChI is InChI=1S/C18H20FN3O5/c1-10(2)21-11(3)7-14(12(21)4)18(24)27-9-17(23)20-16-8-13(22(25)26)5-6-15(16)19/h5-8,10H,9H2,1-4H3,(H,20,23). The summed E-state index contributed by atoms with van der Waals surface area (Å²) in [7, 11) is 0. The number of carbonyl (C=O) groups excluding carboxylic acids is 2. The van der Waals surface area contributed by atoms with Gasteiger partial charge in [0.25, 0.3) is 11.6 Å². The number of non-ortho nitro benzene ring substituents is 1. The molecule has 9 heteroatoms. The van der Waals surface area contributed by atoms with E-state index in [1.54, 1.807) is 13.0 Å². The van der Waals surface area contributed by atoms with Gasteiger partial charge in [-0.1, -0.05) is 0 Å². The lowest BCUT2D eigenvalue weighted by atomic mass is 10.2. The van der Waals surface area contributed by atoms with Gasteiger partial charge in [0.15, 0.2) is 6.61 Å². The Kier molecular flexibility index (Phi) is 5.94. The van der Waals surface area contributed by atoms with E-state index in [1.165, 1.54) is 0 Å². The van der Waals surface area contributed by atoms with Crippen molar-refractivity contribution in [3.63, 3.8) is 0 Å². The first kappa shape index (κ1) is 20.1. The number of carbonyl (C=O) groups is 2. The summed E-state index contributed by atoms with van der Waals surface area (Å²) in [6.07, 6.45) is 0. The lowest BCUT2D eigenvalue weighted by molar-refractivity contribution is -0.384. The Morgan fingerprint density at radius 2 is 1.96 bits per heavy atom. The molecule has 0 saturated carbocycles. The first-order valence-corrected chi connectivity index (χ1v) is 8.21. The molecule has 0 aliphatic carbocycles. The summed E-state index contributed by atoms with van der Waals surface area (Å²) < 4.78 is 20.6. The van der Waals surface area contributed by atoms with Gasteiger partial charge in [-0.15, -0.1) is 0 Å². The molecule has 1 aromatic carbocycles. The first-order chi connectivity index (χ1) is 12.6. The number of anilines is 1. The molecule has 0 fully saturated rings. The summed E-state index contributed by atoms with van der Waals surface area (Å²) in [5.74, 6) is -2.31. The SMILES string of the molecule is Cc1cc(C(=O)OCC(=O)Nc2cc([N+](=O)[O-])ccc2F)c(C)n1C(C)C. The average Bonchev–Trinajstić information content (AvgIpc) is 2.89. The molecule has 0 atom stereocenters. The second kappa shape index (κ2) is 7.98. The number of nitro benzene ring substituents is 1. The predicted molar refractivity (Wildman–Crippen MR) is 96.3 cm³/mol. The van der Waals surface area contributed by atoms with Crippen LogP contribution in [0.5, 0.6) is 0 Å². The normalized spacial score (nSPS) is 10.7. The molecule has 2 aromatic rings. The Morgan fingerprint density at radius 3 is 2.52 bits per heavy atom. The minimum atomic E-state index is -0.833. The van der Waals surface area contributed by atoms with E-state index in [9.17, 15) is 24.1 Å². The number of nitrogens with one attached hydrogen (secondary N) is 1. The van der Waals surface area contributed by atoms with Gasteiger partial charge in [0.05, 0.1) is 16.2 Å². The van der Waals surface area contributed by atoms with Gasteiger partial charge in [0.2, 0.25) is 0 Å². The van der Waals surface area contributed by atoms with E-state index in [2.05, 4.69) is 5.32 Å². The molecule has 27 heavy (non-hydrogen) atoms. The maximum atomic E-state index is 13.7. The molecule has 0 aliphatic rings. The predicted octanol–water partition coefficient (Wildman–Crippen LogP) is 3.53. The molecule has 8 nitrogen and oxygen atoms in total. The third-order valence-electron chi connectivity index (χ3n) is 3.99. The first-order valence-electron chi connectivity index (χ1n) is 8.21. The number of nitrogens with zero attached hydrogens (tertiary/aromatic N) is 2. The van der Waals surface area contributed by atoms with Gasteiger partial charge in [0, 0.05) is 29.6 Å². The van der Waals surface area contributed by atoms with E-state index in [0.717, 1.165) is 29.6 Å². The molecule has 1 N–H and O–H groups in total. The van der Waals surface area contributed by atoms with Crippen LogP contribution in [0.4, 0.5) is 15.8 Å². The van der Waals surface area contributed by atoms with Crippen LogP contribution in [0.1, 0.15) is 41.6 Å². The van der Waals surface area contributed by atoms with Crippen molar-refractivity contribution in [1.29, 1.82) is 0 Å². The number of benzene rings is 1. The van der Waals surface area contributed by atoms with Gasteiger partial charge in [0.1, 0.15) is 5.82 Å². The third kappa shape index (κ3) is 4.49. The fraction of sp³-hybridized carbons (Fsp3) is 0.333. The Labute approximate surface area is 155 Å². The number of ether oxygens (including phenoxy) is 1. The zero-order valence-corrected chi connectivity index (χ0v) is 15.4. The van der Waals surface area contributed by atoms with E-state index >= 15 is 0 Å². The van der Waals surface area contributed by atoms with Crippen LogP contribution in [0, 0.1) is 29.8 Å². The highest BCUT2D eigenvalue weighted by molar-refractivity contribution is 5.96. The van der Waals surface area contributed by atoms with E-state index in [0.29, 0.717) is 5.56 Å². The van der Waals surface area contributed by atoms with Crippen molar-refractivity contribution in [3.05, 3.63) is 57.1 Å². The number of aryl methyl sites for hydroxylation is 1. The Balaban J connectivity index is 2.04. The van der Waals surface area contributed by atoms with Crippen molar-refractivity contribution in [2.24, 2.45) is 0 Å². The van der Waals surface area contributed by atoms with Gasteiger partial charge in [-0.05, 0) is 39.8 Å². The van der Waals surface area contributed by atoms with Crippen molar-refractivity contribution in [2.75, 3.05) is 11.9 Å². The van der Waals surface area contributed by atoms with Gasteiger partial charge >= 0.3 is 5.97 Å². The van der Waals surface area contributed by atoms with Crippen LogP contribution >= 0.6 is 0 Å². The summed E-state index contributed by atoms with van der Waals surface area (Å²) in [4.78, 5) is 34.2. The maximum Gasteiger partial charge on any atom is 0.340 e. The third-order valence-corrected chi connectivity index (χ3v) is 3.99. The molecule has 1 amide bonds. The number of nitro groups is 1. The van der Waals surface area contributed by atoms with Crippen LogP contribution in [0.15, 0.2) is 24.3 Å². The largest absolute Gasteiger partial charge is 0.452 e. The van der Waals surface area contributed by atoms with Crippen molar-refractivity contribution >= 4 is 23.3 Å². The smallest absolute Gasteiger partial charge is 0.340 e. The summed E-state index contributed by atoms with van der Waals surface area (Å²) in [6, 6.07) is 4.59.